The number of nitrogens with two attached hydrogens (primary N) is 1. The predicted molar refractivity (Wildman–Crippen MR) is 122 cm³/mol. The lowest BCUT2D eigenvalue weighted by Gasteiger charge is -2.29. The van der Waals surface area contributed by atoms with Gasteiger partial charge in [0.2, 0.25) is 0 Å². The molecule has 0 atom stereocenters. The van der Waals surface area contributed by atoms with Gasteiger partial charge in [-0.05, 0) is 49.5 Å². The van der Waals surface area contributed by atoms with Gasteiger partial charge >= 0.3 is 6.09 Å². The van der Waals surface area contributed by atoms with Crippen LogP contribution in [0.3, 0.4) is 0 Å². The Bertz CT molecular complexity index is 812. The van der Waals surface area contributed by atoms with Crippen LogP contribution in [0.1, 0.15) is 59.1 Å². The third-order valence-corrected chi connectivity index (χ3v) is 5.24. The average Bonchev–Trinajstić information content (AvgIpc) is 2.68. The van der Waals surface area contributed by atoms with E-state index in [1.54, 1.807) is 28.8 Å². The number of rotatable bonds is 1. The molecule has 1 aromatic carbocycles. The molecular formula is C23H32N4O2S. The number of thioether (sulfide) groups is 1. The molecule has 7 heteroatoms. The van der Waals surface area contributed by atoms with Crippen molar-refractivity contribution >= 4 is 23.6 Å². The van der Waals surface area contributed by atoms with Crippen LogP contribution in [0.4, 0.5) is 4.79 Å². The van der Waals surface area contributed by atoms with E-state index in [1.807, 2.05) is 45.0 Å². The van der Waals surface area contributed by atoms with Crippen molar-refractivity contribution < 1.29 is 9.53 Å². The summed E-state index contributed by atoms with van der Waals surface area (Å²) in [7, 11) is 0. The summed E-state index contributed by atoms with van der Waals surface area (Å²) in [5.74, 6) is 1.92. The summed E-state index contributed by atoms with van der Waals surface area (Å²) in [6, 6.07) is 11.2. The van der Waals surface area contributed by atoms with Gasteiger partial charge in [-0.15, -0.1) is 11.8 Å². The molecular weight excluding hydrogens is 396 g/mol. The molecule has 1 fully saturated rings. The maximum Gasteiger partial charge on any atom is 0.410 e. The first-order valence-electron chi connectivity index (χ1n) is 9.85. The van der Waals surface area contributed by atoms with Crippen molar-refractivity contribution in [2.75, 3.05) is 18.2 Å². The molecule has 0 aromatic heterocycles. The van der Waals surface area contributed by atoms with Crippen LogP contribution in [-0.2, 0) is 10.2 Å². The number of ether oxygens (including phenoxy) is 1. The Labute approximate surface area is 184 Å². The number of carbonyl (C=O) groups is 1. The number of nitrogens with zero attached hydrogens (tertiary/aromatic N) is 3. The van der Waals surface area contributed by atoms with Crippen molar-refractivity contribution in [2.45, 2.75) is 59.0 Å². The fraction of sp³-hybridized carbons (Fsp3) is 0.522. The van der Waals surface area contributed by atoms with Crippen molar-refractivity contribution in [3.05, 3.63) is 41.0 Å². The second kappa shape index (κ2) is 10.9. The standard InChI is InChI=1S/C14H15N3.C9H17NO2S/c1-14(2,3)12-6-4-10(5-7-12)13(17)11(8-15)9-16;1-9(2,3)12-8(11)10-5-4-6-13-7-10/h4-7H,17H2,1-3H3;4-7H2,1-3H3. The number of nitriles is 2. The van der Waals surface area contributed by atoms with E-state index in [1.165, 1.54) is 5.56 Å². The van der Waals surface area contributed by atoms with Crippen molar-refractivity contribution in [1.29, 1.82) is 10.5 Å². The largest absolute Gasteiger partial charge is 0.444 e. The van der Waals surface area contributed by atoms with Crippen molar-refractivity contribution in [1.82, 2.24) is 4.90 Å². The van der Waals surface area contributed by atoms with Crippen molar-refractivity contribution in [3.8, 4) is 12.1 Å². The van der Waals surface area contributed by atoms with Gasteiger partial charge in [-0.1, -0.05) is 45.0 Å². The summed E-state index contributed by atoms with van der Waals surface area (Å²) in [5, 5.41) is 17.5. The zero-order valence-electron chi connectivity index (χ0n) is 18.8. The van der Waals surface area contributed by atoms with Crippen LogP contribution in [0.25, 0.3) is 5.70 Å². The van der Waals surface area contributed by atoms with E-state index in [4.69, 9.17) is 21.0 Å². The van der Waals surface area contributed by atoms with Gasteiger partial charge in [-0.3, -0.25) is 4.90 Å². The monoisotopic (exact) mass is 428 g/mol. The van der Waals surface area contributed by atoms with E-state index < -0.39 is 0 Å². The third-order valence-electron chi connectivity index (χ3n) is 4.17. The molecule has 1 aliphatic heterocycles. The zero-order valence-corrected chi connectivity index (χ0v) is 19.6. The van der Waals surface area contributed by atoms with Gasteiger partial charge in [0, 0.05) is 6.54 Å². The first-order valence-corrected chi connectivity index (χ1v) is 11.0. The Morgan fingerprint density at radius 3 is 2.07 bits per heavy atom. The summed E-state index contributed by atoms with van der Waals surface area (Å²) in [5.41, 5.74) is 7.53. The van der Waals surface area contributed by atoms with E-state index in [0.717, 1.165) is 24.6 Å². The molecule has 6 nitrogen and oxygen atoms in total. The van der Waals surface area contributed by atoms with Crippen LogP contribution in [0.15, 0.2) is 29.8 Å². The molecule has 1 aromatic rings. The number of hydrogen-bond donors (Lipinski definition) is 1. The van der Waals surface area contributed by atoms with Crippen LogP contribution in [-0.4, -0.2) is 34.8 Å². The summed E-state index contributed by atoms with van der Waals surface area (Å²) in [6.45, 7) is 12.9. The van der Waals surface area contributed by atoms with Gasteiger partial charge in [0.25, 0.3) is 0 Å². The predicted octanol–water partition coefficient (Wildman–Crippen LogP) is 5.02. The van der Waals surface area contributed by atoms with E-state index in [9.17, 15) is 4.79 Å². The lowest BCUT2D eigenvalue weighted by molar-refractivity contribution is 0.0283. The van der Waals surface area contributed by atoms with Gasteiger partial charge in [0.05, 0.1) is 11.6 Å². The minimum atomic E-state index is -0.376. The van der Waals surface area contributed by atoms with Crippen LogP contribution < -0.4 is 5.73 Å². The number of amides is 1. The van der Waals surface area contributed by atoms with Crippen LogP contribution in [0.2, 0.25) is 0 Å². The topological polar surface area (TPSA) is 103 Å². The number of carbonyl (C=O) groups excluding carboxylic acids is 1. The number of benzene rings is 1. The minimum absolute atomic E-state index is 0.0477. The highest BCUT2D eigenvalue weighted by Gasteiger charge is 2.23. The molecule has 1 amide bonds. The molecule has 162 valence electrons. The minimum Gasteiger partial charge on any atom is -0.444 e. The Kier molecular flexibility index (Phi) is 9.26. The highest BCUT2D eigenvalue weighted by Crippen LogP contribution is 2.24. The fourth-order valence-electron chi connectivity index (χ4n) is 2.51. The van der Waals surface area contributed by atoms with Crippen molar-refractivity contribution in [2.24, 2.45) is 5.73 Å². The molecule has 2 N–H and O–H groups in total. The average molecular weight is 429 g/mol. The lowest BCUT2D eigenvalue weighted by Crippen LogP contribution is -2.39. The van der Waals surface area contributed by atoms with Gasteiger partial charge in [-0.2, -0.15) is 10.5 Å². The zero-order chi connectivity index (χ0) is 22.9. The second-order valence-corrected chi connectivity index (χ2v) is 10.0. The van der Waals surface area contributed by atoms with Gasteiger partial charge in [0.15, 0.2) is 5.57 Å². The Hall–Kier alpha value is -2.64. The molecule has 1 heterocycles. The normalized spacial score (nSPS) is 13.8. The molecule has 0 aliphatic carbocycles. The highest BCUT2D eigenvalue weighted by molar-refractivity contribution is 7.99. The first kappa shape index (κ1) is 25.4. The lowest BCUT2D eigenvalue weighted by atomic mass is 9.86. The van der Waals surface area contributed by atoms with Gasteiger partial charge in [-0.25, -0.2) is 4.79 Å². The molecule has 0 bridgehead atoms. The summed E-state index contributed by atoms with van der Waals surface area (Å²) in [6.07, 6.45) is 0.892. The fourth-order valence-corrected chi connectivity index (χ4v) is 3.42. The van der Waals surface area contributed by atoms with Crippen LogP contribution in [0, 0.1) is 22.7 Å². The maximum absolute atomic E-state index is 11.5. The summed E-state index contributed by atoms with van der Waals surface area (Å²) < 4.78 is 5.25. The van der Waals surface area contributed by atoms with Crippen LogP contribution >= 0.6 is 11.8 Å². The third kappa shape index (κ3) is 8.39. The Balaban J connectivity index is 0.000000311. The second-order valence-electron chi connectivity index (χ2n) is 8.97. The van der Waals surface area contributed by atoms with E-state index in [-0.39, 0.29) is 28.4 Å². The quantitative estimate of drug-likeness (QED) is 0.630. The van der Waals surface area contributed by atoms with Gasteiger partial charge in [0.1, 0.15) is 17.7 Å². The summed E-state index contributed by atoms with van der Waals surface area (Å²) >= 11 is 1.78. The molecule has 1 aliphatic rings. The van der Waals surface area contributed by atoms with Crippen molar-refractivity contribution in [3.63, 3.8) is 0 Å². The first-order chi connectivity index (χ1) is 13.9. The molecule has 30 heavy (non-hydrogen) atoms. The van der Waals surface area contributed by atoms with E-state index in [2.05, 4.69) is 20.8 Å². The Morgan fingerprint density at radius 2 is 1.67 bits per heavy atom. The van der Waals surface area contributed by atoms with E-state index >= 15 is 0 Å². The summed E-state index contributed by atoms with van der Waals surface area (Å²) in [4.78, 5) is 13.3. The molecule has 0 spiro atoms. The van der Waals surface area contributed by atoms with Crippen LogP contribution in [0.5, 0.6) is 0 Å². The molecule has 1 saturated heterocycles. The highest BCUT2D eigenvalue weighted by atomic mass is 32.2. The Morgan fingerprint density at radius 1 is 1.10 bits per heavy atom. The maximum atomic E-state index is 11.5. The smallest absolute Gasteiger partial charge is 0.410 e. The molecule has 2 rings (SSSR count). The molecule has 0 radical (unpaired) electrons. The molecule has 0 saturated carbocycles. The number of allylic oxidation sites excluding steroid dienone is 1. The van der Waals surface area contributed by atoms with E-state index in [0.29, 0.717) is 5.56 Å². The number of hydrogen-bond acceptors (Lipinski definition) is 6. The molecule has 0 unspecified atom stereocenters. The van der Waals surface area contributed by atoms with Gasteiger partial charge < -0.3 is 10.5 Å². The SMILES string of the molecule is CC(C)(C)OC(=O)N1CCCSC1.CC(C)(C)c1ccc(C(N)=C(C#N)C#N)cc1.